The molecule has 0 aliphatic carbocycles. The fraction of sp³-hybridized carbons (Fsp3) is 0.158. The Labute approximate surface area is 143 Å². The van der Waals surface area contributed by atoms with Crippen LogP contribution >= 0.6 is 0 Å². The van der Waals surface area contributed by atoms with Gasteiger partial charge in [-0.15, -0.1) is 0 Å². The number of fused-ring (bicyclic) bond motifs is 3. The molecule has 0 aliphatic rings. The molecule has 0 aliphatic heterocycles. The van der Waals surface area contributed by atoms with E-state index in [-0.39, 0.29) is 11.3 Å². The van der Waals surface area contributed by atoms with E-state index in [0.717, 1.165) is 27.6 Å². The molecule has 0 saturated heterocycles. The maximum absolute atomic E-state index is 12.9. The highest BCUT2D eigenvalue weighted by Gasteiger charge is 2.14. The third-order valence-electron chi connectivity index (χ3n) is 4.48. The number of hydrogen-bond donors (Lipinski definition) is 1. The van der Waals surface area contributed by atoms with Crippen LogP contribution in [0.3, 0.4) is 0 Å². The lowest BCUT2D eigenvalue weighted by Crippen LogP contribution is -2.24. The Balaban J connectivity index is 1.85. The molecule has 1 N–H and O–H groups in total. The van der Waals surface area contributed by atoms with Gasteiger partial charge in [0.25, 0.3) is 5.56 Å². The van der Waals surface area contributed by atoms with Crippen LogP contribution < -0.4 is 10.3 Å². The maximum Gasteiger partial charge on any atom is 0.291 e. The molecule has 25 heavy (non-hydrogen) atoms. The second-order valence-corrected chi connectivity index (χ2v) is 5.98. The quantitative estimate of drug-likeness (QED) is 0.625. The molecule has 0 unspecified atom stereocenters. The van der Waals surface area contributed by atoms with E-state index >= 15 is 0 Å². The standard InChI is InChI=1S/C19H17N3O3/c1-21-17-9-13(23)5-8-15(17)16-10-20-22(19(24)18(16)21)11-12-3-6-14(25-2)7-4-12/h3-10,23H,11H2,1-2H3. The number of aromatic nitrogens is 3. The van der Waals surface area contributed by atoms with E-state index in [1.807, 2.05) is 37.4 Å². The highest BCUT2D eigenvalue weighted by atomic mass is 16.5. The number of benzene rings is 2. The van der Waals surface area contributed by atoms with Crippen molar-refractivity contribution in [2.24, 2.45) is 7.05 Å². The summed E-state index contributed by atoms with van der Waals surface area (Å²) in [5.74, 6) is 0.943. The summed E-state index contributed by atoms with van der Waals surface area (Å²) in [4.78, 5) is 12.9. The molecule has 126 valence electrons. The second kappa shape index (κ2) is 5.66. The molecule has 0 atom stereocenters. The smallest absolute Gasteiger partial charge is 0.291 e. The summed E-state index contributed by atoms with van der Waals surface area (Å²) in [5, 5.41) is 15.7. The summed E-state index contributed by atoms with van der Waals surface area (Å²) in [6.07, 6.45) is 1.71. The van der Waals surface area contributed by atoms with Crippen LogP contribution in [0.4, 0.5) is 0 Å². The number of phenols is 1. The third kappa shape index (κ3) is 2.42. The molecule has 6 nitrogen and oxygen atoms in total. The minimum Gasteiger partial charge on any atom is -0.508 e. The van der Waals surface area contributed by atoms with Gasteiger partial charge in [-0.2, -0.15) is 5.10 Å². The van der Waals surface area contributed by atoms with Gasteiger partial charge in [-0.05, 0) is 29.8 Å². The van der Waals surface area contributed by atoms with Gasteiger partial charge in [0.15, 0.2) is 0 Å². The molecule has 0 spiro atoms. The summed E-state index contributed by atoms with van der Waals surface area (Å²) >= 11 is 0. The van der Waals surface area contributed by atoms with Crippen molar-refractivity contribution in [3.8, 4) is 11.5 Å². The Morgan fingerprint density at radius 3 is 2.60 bits per heavy atom. The number of aryl methyl sites for hydroxylation is 1. The first-order chi connectivity index (χ1) is 12.1. The van der Waals surface area contributed by atoms with Gasteiger partial charge < -0.3 is 14.4 Å². The molecule has 2 aromatic heterocycles. The zero-order chi connectivity index (χ0) is 17.6. The predicted molar refractivity (Wildman–Crippen MR) is 96.2 cm³/mol. The highest BCUT2D eigenvalue weighted by Crippen LogP contribution is 2.28. The number of phenolic OH excluding ortho intramolecular Hbond substituents is 1. The van der Waals surface area contributed by atoms with Gasteiger partial charge in [-0.1, -0.05) is 12.1 Å². The molecule has 4 rings (SSSR count). The van der Waals surface area contributed by atoms with E-state index in [1.165, 1.54) is 4.68 Å². The van der Waals surface area contributed by atoms with Gasteiger partial charge >= 0.3 is 0 Å². The lowest BCUT2D eigenvalue weighted by Gasteiger charge is -2.06. The second-order valence-electron chi connectivity index (χ2n) is 5.98. The lowest BCUT2D eigenvalue weighted by molar-refractivity contribution is 0.414. The normalized spacial score (nSPS) is 11.3. The van der Waals surface area contributed by atoms with Crippen LogP contribution in [-0.2, 0) is 13.6 Å². The van der Waals surface area contributed by atoms with Crippen molar-refractivity contribution < 1.29 is 9.84 Å². The zero-order valence-electron chi connectivity index (χ0n) is 13.9. The van der Waals surface area contributed by atoms with Crippen molar-refractivity contribution >= 4 is 21.8 Å². The summed E-state index contributed by atoms with van der Waals surface area (Å²) in [7, 11) is 3.44. The van der Waals surface area contributed by atoms with E-state index in [0.29, 0.717) is 12.1 Å². The van der Waals surface area contributed by atoms with E-state index in [2.05, 4.69) is 5.10 Å². The van der Waals surface area contributed by atoms with Gasteiger partial charge in [-0.3, -0.25) is 4.79 Å². The third-order valence-corrected chi connectivity index (χ3v) is 4.48. The van der Waals surface area contributed by atoms with E-state index in [9.17, 15) is 9.90 Å². The number of ether oxygens (including phenoxy) is 1. The van der Waals surface area contributed by atoms with Gasteiger partial charge in [0.1, 0.15) is 17.0 Å². The molecule has 0 amide bonds. The Bertz CT molecular complexity index is 1140. The molecule has 0 saturated carbocycles. The SMILES string of the molecule is COc1ccc(Cn2ncc3c4ccc(O)cc4n(C)c3c2=O)cc1. The molecule has 6 heteroatoms. The molecule has 0 fully saturated rings. The molecular weight excluding hydrogens is 318 g/mol. The van der Waals surface area contributed by atoms with Gasteiger partial charge in [0, 0.05) is 23.9 Å². The van der Waals surface area contributed by atoms with Crippen molar-refractivity contribution in [1.82, 2.24) is 14.3 Å². The van der Waals surface area contributed by atoms with Crippen LogP contribution in [0, 0.1) is 0 Å². The van der Waals surface area contributed by atoms with Crippen LogP contribution in [0.1, 0.15) is 5.56 Å². The van der Waals surface area contributed by atoms with Crippen LogP contribution in [0.2, 0.25) is 0 Å². The fourth-order valence-electron chi connectivity index (χ4n) is 3.16. The van der Waals surface area contributed by atoms with Gasteiger partial charge in [0.05, 0.1) is 25.4 Å². The largest absolute Gasteiger partial charge is 0.508 e. The molecule has 2 aromatic carbocycles. The molecule has 4 aromatic rings. The Hall–Kier alpha value is -3.28. The first-order valence-corrected chi connectivity index (χ1v) is 7.88. The average Bonchev–Trinajstić information content (AvgIpc) is 2.90. The Kier molecular flexibility index (Phi) is 3.46. The summed E-state index contributed by atoms with van der Waals surface area (Å²) in [5.41, 5.74) is 2.18. The molecule has 2 heterocycles. The molecule has 0 radical (unpaired) electrons. The van der Waals surface area contributed by atoms with Crippen molar-refractivity contribution in [1.29, 1.82) is 0 Å². The number of rotatable bonds is 3. The van der Waals surface area contributed by atoms with Crippen LogP contribution in [0.25, 0.3) is 21.8 Å². The molecule has 0 bridgehead atoms. The maximum atomic E-state index is 12.9. The minimum atomic E-state index is -0.161. The number of hydrogen-bond acceptors (Lipinski definition) is 4. The Morgan fingerprint density at radius 1 is 1.12 bits per heavy atom. The Morgan fingerprint density at radius 2 is 1.88 bits per heavy atom. The van der Waals surface area contributed by atoms with E-state index in [4.69, 9.17) is 4.74 Å². The number of aromatic hydroxyl groups is 1. The van der Waals surface area contributed by atoms with Crippen LogP contribution in [0.5, 0.6) is 11.5 Å². The van der Waals surface area contributed by atoms with Crippen molar-refractivity contribution in [2.75, 3.05) is 7.11 Å². The monoisotopic (exact) mass is 335 g/mol. The summed E-state index contributed by atoms with van der Waals surface area (Å²) < 4.78 is 8.40. The van der Waals surface area contributed by atoms with Gasteiger partial charge in [-0.25, -0.2) is 4.68 Å². The van der Waals surface area contributed by atoms with Crippen LogP contribution in [0.15, 0.2) is 53.5 Å². The number of nitrogens with zero attached hydrogens (tertiary/aromatic N) is 3. The fourth-order valence-corrected chi connectivity index (χ4v) is 3.16. The summed E-state index contributed by atoms with van der Waals surface area (Å²) in [6, 6.07) is 12.6. The van der Waals surface area contributed by atoms with E-state index < -0.39 is 0 Å². The first-order valence-electron chi connectivity index (χ1n) is 7.88. The zero-order valence-corrected chi connectivity index (χ0v) is 13.9. The first kappa shape index (κ1) is 15.3. The topological polar surface area (TPSA) is 69.3 Å². The van der Waals surface area contributed by atoms with Crippen LogP contribution in [-0.4, -0.2) is 26.6 Å². The lowest BCUT2D eigenvalue weighted by atomic mass is 10.2. The van der Waals surface area contributed by atoms with Crippen molar-refractivity contribution in [3.63, 3.8) is 0 Å². The van der Waals surface area contributed by atoms with Crippen molar-refractivity contribution in [3.05, 3.63) is 64.6 Å². The van der Waals surface area contributed by atoms with Gasteiger partial charge in [0.2, 0.25) is 0 Å². The van der Waals surface area contributed by atoms with Crippen molar-refractivity contribution in [2.45, 2.75) is 6.54 Å². The summed E-state index contributed by atoms with van der Waals surface area (Å²) in [6.45, 7) is 0.380. The minimum absolute atomic E-state index is 0.161. The number of methoxy groups -OCH3 is 1. The molecular formula is C19H17N3O3. The average molecular weight is 335 g/mol. The predicted octanol–water partition coefficient (Wildman–Crippen LogP) is 2.65. The highest BCUT2D eigenvalue weighted by molar-refractivity contribution is 6.07. The van der Waals surface area contributed by atoms with E-state index in [1.54, 1.807) is 30.0 Å².